The maximum absolute atomic E-state index is 12.4. The Hall–Kier alpha value is -4.16. The van der Waals surface area contributed by atoms with E-state index in [0.29, 0.717) is 36.2 Å². The predicted molar refractivity (Wildman–Crippen MR) is 133 cm³/mol. The quantitative estimate of drug-likeness (QED) is 0.227. The first-order valence-electron chi connectivity index (χ1n) is 10.8. The van der Waals surface area contributed by atoms with Crippen LogP contribution in [0.25, 0.3) is 6.08 Å². The van der Waals surface area contributed by atoms with Gasteiger partial charge in [-0.15, -0.1) is 11.3 Å². The average Bonchev–Trinajstić information content (AvgIpc) is 3.54. The van der Waals surface area contributed by atoms with Gasteiger partial charge in [-0.1, -0.05) is 66.7 Å². The highest BCUT2D eigenvalue weighted by Gasteiger charge is 2.25. The fourth-order valence-corrected chi connectivity index (χ4v) is 4.04. The minimum atomic E-state index is -0.484. The molecule has 34 heavy (non-hydrogen) atoms. The Morgan fingerprint density at radius 3 is 2.21 bits per heavy atom. The van der Waals surface area contributed by atoms with Crippen molar-refractivity contribution in [2.75, 3.05) is 0 Å². The van der Waals surface area contributed by atoms with Crippen LogP contribution >= 0.6 is 11.3 Å². The Kier molecular flexibility index (Phi) is 6.49. The van der Waals surface area contributed by atoms with Crippen LogP contribution in [0.2, 0.25) is 0 Å². The van der Waals surface area contributed by atoms with Gasteiger partial charge < -0.3 is 14.2 Å². The van der Waals surface area contributed by atoms with Crippen molar-refractivity contribution in [2.45, 2.75) is 13.2 Å². The minimum absolute atomic E-state index is 0.228. The highest BCUT2D eigenvalue weighted by molar-refractivity contribution is 7.12. The topological polar surface area (TPSA) is 57.1 Å². The summed E-state index contributed by atoms with van der Waals surface area (Å²) in [7, 11) is 0. The minimum Gasteiger partial charge on any atom is -0.489 e. The summed E-state index contributed by atoms with van der Waals surface area (Å²) in [5.41, 5.74) is 3.05. The number of thiophene rings is 1. The van der Waals surface area contributed by atoms with Gasteiger partial charge >= 0.3 is 5.97 Å². The SMILES string of the molecule is O=C1OC(c2cccs2)=N/C1=C\c1ccc(OCc2ccccc2)cc1OCc1ccccc1. The van der Waals surface area contributed by atoms with E-state index >= 15 is 0 Å². The molecular formula is C28H21NO4S. The summed E-state index contributed by atoms with van der Waals surface area (Å²) in [5.74, 6) is 1.10. The van der Waals surface area contributed by atoms with Gasteiger partial charge in [-0.3, -0.25) is 0 Å². The van der Waals surface area contributed by atoms with Gasteiger partial charge in [-0.2, -0.15) is 0 Å². The van der Waals surface area contributed by atoms with E-state index in [2.05, 4.69) is 4.99 Å². The van der Waals surface area contributed by atoms with E-state index < -0.39 is 5.97 Å². The van der Waals surface area contributed by atoms with Crippen molar-refractivity contribution in [3.8, 4) is 11.5 Å². The lowest BCUT2D eigenvalue weighted by Crippen LogP contribution is -2.03. The van der Waals surface area contributed by atoms with Crippen LogP contribution in [0.3, 0.4) is 0 Å². The molecule has 1 aromatic heterocycles. The van der Waals surface area contributed by atoms with E-state index in [-0.39, 0.29) is 5.70 Å². The Bertz CT molecular complexity index is 1330. The highest BCUT2D eigenvalue weighted by Crippen LogP contribution is 2.30. The second-order valence-corrected chi connectivity index (χ2v) is 8.51. The molecule has 0 spiro atoms. The Morgan fingerprint density at radius 1 is 0.824 bits per heavy atom. The van der Waals surface area contributed by atoms with Gasteiger partial charge in [-0.25, -0.2) is 9.79 Å². The Morgan fingerprint density at radius 2 is 1.53 bits per heavy atom. The second-order valence-electron chi connectivity index (χ2n) is 7.56. The summed E-state index contributed by atoms with van der Waals surface area (Å²) >= 11 is 1.47. The summed E-state index contributed by atoms with van der Waals surface area (Å²) < 4.78 is 17.5. The van der Waals surface area contributed by atoms with Crippen molar-refractivity contribution in [2.24, 2.45) is 4.99 Å². The van der Waals surface area contributed by atoms with Gasteiger partial charge in [0.15, 0.2) is 5.70 Å². The molecule has 2 heterocycles. The molecule has 0 N–H and O–H groups in total. The lowest BCUT2D eigenvalue weighted by atomic mass is 10.1. The summed E-state index contributed by atoms with van der Waals surface area (Å²) in [6.07, 6.45) is 1.68. The van der Waals surface area contributed by atoms with Crippen molar-refractivity contribution >= 4 is 29.3 Å². The lowest BCUT2D eigenvalue weighted by Gasteiger charge is -2.13. The largest absolute Gasteiger partial charge is 0.489 e. The van der Waals surface area contributed by atoms with Crippen molar-refractivity contribution in [1.29, 1.82) is 0 Å². The van der Waals surface area contributed by atoms with E-state index in [0.717, 1.165) is 16.0 Å². The molecule has 1 aliphatic heterocycles. The normalized spacial score (nSPS) is 14.1. The zero-order chi connectivity index (χ0) is 23.2. The molecule has 4 aromatic rings. The van der Waals surface area contributed by atoms with E-state index in [4.69, 9.17) is 14.2 Å². The molecule has 1 aliphatic rings. The number of rotatable bonds is 8. The number of cyclic esters (lactones) is 1. The number of hydrogen-bond acceptors (Lipinski definition) is 6. The van der Waals surface area contributed by atoms with E-state index in [1.807, 2.05) is 96.4 Å². The first-order valence-corrected chi connectivity index (χ1v) is 11.7. The number of nitrogens with zero attached hydrogens (tertiary/aromatic N) is 1. The van der Waals surface area contributed by atoms with Gasteiger partial charge in [0.2, 0.25) is 5.90 Å². The van der Waals surface area contributed by atoms with Gasteiger partial charge in [-0.05, 0) is 40.8 Å². The first kappa shape index (κ1) is 21.7. The van der Waals surface area contributed by atoms with E-state index in [1.165, 1.54) is 11.3 Å². The standard InChI is InChI=1S/C28H21NO4S/c30-28-24(29-27(33-28)26-12-7-15-34-26)16-22-13-14-23(31-18-20-8-3-1-4-9-20)17-25(22)32-19-21-10-5-2-6-11-21/h1-17H,18-19H2/b24-16-. The molecule has 168 valence electrons. The molecule has 0 atom stereocenters. The lowest BCUT2D eigenvalue weighted by molar-refractivity contribution is -0.129. The van der Waals surface area contributed by atoms with Crippen LogP contribution in [0.1, 0.15) is 21.6 Å². The summed E-state index contributed by atoms with van der Waals surface area (Å²) in [6, 6.07) is 29.2. The van der Waals surface area contributed by atoms with Crippen LogP contribution in [0.4, 0.5) is 0 Å². The fraction of sp³-hybridized carbons (Fsp3) is 0.0714. The van der Waals surface area contributed by atoms with Gasteiger partial charge in [0, 0.05) is 11.6 Å². The predicted octanol–water partition coefficient (Wildman–Crippen LogP) is 6.25. The third-order valence-corrected chi connectivity index (χ3v) is 5.97. The van der Waals surface area contributed by atoms with Crippen LogP contribution in [0.15, 0.2) is 107 Å². The van der Waals surface area contributed by atoms with Crippen LogP contribution in [0.5, 0.6) is 11.5 Å². The molecule has 0 unspecified atom stereocenters. The number of carbonyl (C=O) groups is 1. The summed E-state index contributed by atoms with van der Waals surface area (Å²) in [4.78, 5) is 17.6. The first-order chi connectivity index (χ1) is 16.7. The third-order valence-electron chi connectivity index (χ3n) is 5.12. The van der Waals surface area contributed by atoms with Crippen LogP contribution in [0, 0.1) is 0 Å². The molecule has 0 bridgehead atoms. The van der Waals surface area contributed by atoms with E-state index in [9.17, 15) is 4.79 Å². The zero-order valence-electron chi connectivity index (χ0n) is 18.2. The summed E-state index contributed by atoms with van der Waals surface area (Å²) in [5, 5.41) is 1.91. The molecule has 0 saturated carbocycles. The molecule has 6 heteroatoms. The molecule has 5 rings (SSSR count). The maximum Gasteiger partial charge on any atom is 0.363 e. The van der Waals surface area contributed by atoms with Gasteiger partial charge in [0.25, 0.3) is 0 Å². The van der Waals surface area contributed by atoms with Crippen molar-refractivity contribution in [3.05, 3.63) is 124 Å². The molecule has 0 fully saturated rings. The number of ether oxygens (including phenoxy) is 3. The zero-order valence-corrected chi connectivity index (χ0v) is 19.0. The Balaban J connectivity index is 1.41. The Labute approximate surface area is 201 Å². The van der Waals surface area contributed by atoms with Crippen molar-refractivity contribution < 1.29 is 19.0 Å². The fourth-order valence-electron chi connectivity index (χ4n) is 3.39. The summed E-state index contributed by atoms with van der Waals surface area (Å²) in [6.45, 7) is 0.827. The number of aliphatic imine (C=N–C) groups is 1. The number of carbonyl (C=O) groups excluding carboxylic acids is 1. The van der Waals surface area contributed by atoms with Gasteiger partial charge in [0.05, 0.1) is 4.88 Å². The van der Waals surface area contributed by atoms with Gasteiger partial charge in [0.1, 0.15) is 24.7 Å². The molecule has 0 radical (unpaired) electrons. The number of hydrogen-bond donors (Lipinski definition) is 0. The van der Waals surface area contributed by atoms with Crippen molar-refractivity contribution in [1.82, 2.24) is 0 Å². The molecule has 0 amide bonds. The second kappa shape index (κ2) is 10.2. The van der Waals surface area contributed by atoms with E-state index in [1.54, 1.807) is 6.08 Å². The van der Waals surface area contributed by atoms with Crippen molar-refractivity contribution in [3.63, 3.8) is 0 Å². The number of esters is 1. The molecule has 5 nitrogen and oxygen atoms in total. The molecular weight excluding hydrogens is 446 g/mol. The molecule has 0 aliphatic carbocycles. The van der Waals surface area contributed by atoms with Crippen LogP contribution in [-0.2, 0) is 22.7 Å². The highest BCUT2D eigenvalue weighted by atomic mass is 32.1. The molecule has 3 aromatic carbocycles. The number of benzene rings is 3. The molecule has 0 saturated heterocycles. The maximum atomic E-state index is 12.4. The monoisotopic (exact) mass is 467 g/mol. The smallest absolute Gasteiger partial charge is 0.363 e. The van der Waals surface area contributed by atoms with Crippen LogP contribution in [-0.4, -0.2) is 11.9 Å². The van der Waals surface area contributed by atoms with Crippen LogP contribution < -0.4 is 9.47 Å². The average molecular weight is 468 g/mol. The third kappa shape index (κ3) is 5.24.